The number of aldehydes is 1. The maximum atomic E-state index is 12.9. The normalized spacial score (nSPS) is 13.5. The van der Waals surface area contributed by atoms with E-state index in [0.29, 0.717) is 24.4 Å². The Hall–Kier alpha value is -2.93. The molecule has 5 N–H and O–H groups in total. The van der Waals surface area contributed by atoms with Gasteiger partial charge in [0, 0.05) is 47.3 Å². The minimum absolute atomic E-state index is 0.0851. The molecule has 0 bridgehead atoms. The lowest BCUT2D eigenvalue weighted by Crippen LogP contribution is -2.40. The zero-order valence-electron chi connectivity index (χ0n) is 27.1. The van der Waals surface area contributed by atoms with Crippen molar-refractivity contribution in [3.8, 4) is 6.01 Å². The minimum Gasteiger partial charge on any atom is -0.461 e. The van der Waals surface area contributed by atoms with Gasteiger partial charge in [0.05, 0.1) is 25.8 Å². The Morgan fingerprint density at radius 1 is 1.16 bits per heavy atom. The number of hydrogen-bond acceptors (Lipinski definition) is 11. The summed E-state index contributed by atoms with van der Waals surface area (Å²) in [6, 6.07) is 8.18. The summed E-state index contributed by atoms with van der Waals surface area (Å²) in [4.78, 5) is 35.8. The topological polar surface area (TPSA) is 170 Å². The number of fused-ring (bicyclic) bond motifs is 1. The lowest BCUT2D eigenvalue weighted by molar-refractivity contribution is -0.108. The van der Waals surface area contributed by atoms with Crippen LogP contribution in [0.3, 0.4) is 0 Å². The number of imidazole rings is 1. The predicted molar refractivity (Wildman–Crippen MR) is 175 cm³/mol. The van der Waals surface area contributed by atoms with E-state index in [9.17, 15) is 9.59 Å². The lowest BCUT2D eigenvalue weighted by Gasteiger charge is -2.38. The summed E-state index contributed by atoms with van der Waals surface area (Å²) < 4.78 is 20.1. The molecule has 13 nitrogen and oxygen atoms in total. The molecular formula is C30H50N7O6P. The maximum Gasteiger partial charge on any atom is 0.328 e. The summed E-state index contributed by atoms with van der Waals surface area (Å²) in [6.07, 6.45) is 3.55. The molecule has 0 radical (unpaired) electrons. The highest BCUT2D eigenvalue weighted by molar-refractivity contribution is 7.52. The van der Waals surface area contributed by atoms with Gasteiger partial charge in [-0.25, -0.2) is 4.79 Å². The number of nitrogens with zero attached hydrogens (tertiary/aromatic N) is 4. The van der Waals surface area contributed by atoms with Crippen molar-refractivity contribution in [3.05, 3.63) is 45.9 Å². The number of aromatic nitrogens is 4. The highest BCUT2D eigenvalue weighted by Gasteiger charge is 2.26. The zero-order valence-corrected chi connectivity index (χ0v) is 28.0. The first-order valence-electron chi connectivity index (χ1n) is 15.0. The van der Waals surface area contributed by atoms with E-state index in [1.807, 2.05) is 19.1 Å². The summed E-state index contributed by atoms with van der Waals surface area (Å²) in [5.74, 6) is 0.139. The number of carbonyl (C=O) groups excluding carboxylic acids is 1. The number of aliphatic hydroxyl groups excluding tert-OH is 1. The number of benzene rings is 1. The fourth-order valence-corrected chi connectivity index (χ4v) is 7.00. The average molecular weight is 636 g/mol. The van der Waals surface area contributed by atoms with E-state index in [0.717, 1.165) is 43.0 Å². The monoisotopic (exact) mass is 635 g/mol. The Morgan fingerprint density at radius 2 is 1.86 bits per heavy atom. The number of carbonyl (C=O) groups is 1. The van der Waals surface area contributed by atoms with Gasteiger partial charge in [-0.3, -0.25) is 14.3 Å². The van der Waals surface area contributed by atoms with Crippen LogP contribution in [0.25, 0.3) is 11.2 Å². The molecule has 0 amide bonds. The van der Waals surface area contributed by atoms with Crippen molar-refractivity contribution in [2.45, 2.75) is 78.4 Å². The molecule has 0 aliphatic rings. The summed E-state index contributed by atoms with van der Waals surface area (Å²) in [5, 5.41) is 11.6. The largest absolute Gasteiger partial charge is 0.461 e. The molecule has 0 aliphatic heterocycles. The third kappa shape index (κ3) is 11.5. The highest BCUT2D eigenvalue weighted by Crippen LogP contribution is 2.42. The van der Waals surface area contributed by atoms with Gasteiger partial charge in [0.15, 0.2) is 11.5 Å². The highest BCUT2D eigenvalue weighted by atomic mass is 31.1. The summed E-state index contributed by atoms with van der Waals surface area (Å²) in [7, 11) is 2.41. The van der Waals surface area contributed by atoms with Gasteiger partial charge in [0.2, 0.25) is 0 Å². The van der Waals surface area contributed by atoms with Gasteiger partial charge >= 0.3 is 11.7 Å². The number of rotatable bonds is 18. The Bertz CT molecular complexity index is 1330. The van der Waals surface area contributed by atoms with Crippen molar-refractivity contribution in [2.75, 3.05) is 46.3 Å². The fraction of sp³-hybridized carbons (Fsp3) is 0.600. The van der Waals surface area contributed by atoms with Crippen molar-refractivity contribution in [1.82, 2.24) is 29.3 Å². The maximum absolute atomic E-state index is 12.9. The Kier molecular flexibility index (Phi) is 16.5. The van der Waals surface area contributed by atoms with E-state index in [-0.39, 0.29) is 48.9 Å². The van der Waals surface area contributed by atoms with Gasteiger partial charge in [-0.1, -0.05) is 44.5 Å². The smallest absolute Gasteiger partial charge is 0.328 e. The molecule has 3 atom stereocenters. The number of nitrogens with two attached hydrogens (primary N) is 1. The molecule has 0 saturated heterocycles. The first kappa shape index (κ1) is 37.3. The van der Waals surface area contributed by atoms with Crippen LogP contribution >= 0.6 is 8.22 Å². The van der Waals surface area contributed by atoms with Crippen molar-refractivity contribution >= 4 is 31.5 Å². The van der Waals surface area contributed by atoms with E-state index in [2.05, 4.69) is 50.7 Å². The average Bonchev–Trinajstić information content (AvgIpc) is 3.28. The van der Waals surface area contributed by atoms with Crippen molar-refractivity contribution in [3.63, 3.8) is 0 Å². The van der Waals surface area contributed by atoms with E-state index in [1.54, 1.807) is 28.1 Å². The molecule has 3 unspecified atom stereocenters. The number of ether oxygens (including phenoxy) is 3. The van der Waals surface area contributed by atoms with Crippen molar-refractivity contribution < 1.29 is 24.1 Å². The molecule has 14 heteroatoms. The van der Waals surface area contributed by atoms with Crippen LogP contribution < -0.4 is 21.2 Å². The van der Waals surface area contributed by atoms with E-state index >= 15 is 0 Å². The number of aliphatic hydroxyl groups is 1. The first-order valence-corrected chi connectivity index (χ1v) is 16.4. The molecule has 0 aliphatic carbocycles. The van der Waals surface area contributed by atoms with E-state index in [1.165, 1.54) is 4.57 Å². The van der Waals surface area contributed by atoms with Gasteiger partial charge in [-0.2, -0.15) is 9.97 Å². The minimum atomic E-state index is -0.888. The molecular weight excluding hydrogens is 585 g/mol. The van der Waals surface area contributed by atoms with Crippen LogP contribution in [0.4, 0.5) is 5.82 Å². The summed E-state index contributed by atoms with van der Waals surface area (Å²) in [5.41, 5.74) is 8.53. The number of nitrogen functional groups attached to an aromatic ring is 1. The number of aromatic amines is 1. The Morgan fingerprint density at radius 3 is 2.48 bits per heavy atom. The molecule has 3 aromatic rings. The third-order valence-corrected chi connectivity index (χ3v) is 9.01. The van der Waals surface area contributed by atoms with Gasteiger partial charge in [-0.15, -0.1) is 0 Å². The number of H-pyrrole nitrogens is 1. The standard InChI is InChI=1S/C27H42N7O5P.C3H8O/c1-6-9-22(17-38-5)34(7-2)40(32-19(3)16-35)18-21-11-8-10-20(14-21)15-33-25-23(29-27(33)36)24(28)30-26(31-25)39-13-12-37-4;1-3(2)4/h8,10-11,14,16,19,22,32H,6-7,9,12-13,15,17-18H2,1-5H3,(H,29,36)(H2,28,30,31);3-4H,1-2H3. The molecule has 44 heavy (non-hydrogen) atoms. The van der Waals surface area contributed by atoms with Gasteiger partial charge in [-0.05, 0) is 38.3 Å². The van der Waals surface area contributed by atoms with Crippen molar-refractivity contribution in [1.29, 1.82) is 0 Å². The first-order chi connectivity index (χ1) is 21.1. The van der Waals surface area contributed by atoms with Crippen LogP contribution in [-0.4, -0.2) is 94.4 Å². The second-order valence-corrected chi connectivity index (χ2v) is 12.5. The van der Waals surface area contributed by atoms with Crippen LogP contribution in [0.1, 0.15) is 58.6 Å². The molecule has 0 fully saturated rings. The molecule has 2 aromatic heterocycles. The number of anilines is 1. The molecule has 3 rings (SSSR count). The molecule has 0 spiro atoms. The van der Waals surface area contributed by atoms with E-state index < -0.39 is 8.22 Å². The predicted octanol–water partition coefficient (Wildman–Crippen LogP) is 3.29. The van der Waals surface area contributed by atoms with Gasteiger partial charge in [0.1, 0.15) is 18.4 Å². The Labute approximate surface area is 261 Å². The van der Waals surface area contributed by atoms with Crippen LogP contribution in [-0.2, 0) is 27.0 Å². The second kappa shape index (κ2) is 19.5. The summed E-state index contributed by atoms with van der Waals surface area (Å²) in [6.45, 7) is 12.0. The number of methoxy groups -OCH3 is 2. The van der Waals surface area contributed by atoms with Crippen LogP contribution in [0.5, 0.6) is 6.01 Å². The van der Waals surface area contributed by atoms with Crippen LogP contribution in [0, 0.1) is 0 Å². The van der Waals surface area contributed by atoms with Crippen LogP contribution in [0.2, 0.25) is 0 Å². The fourth-order valence-electron chi connectivity index (χ4n) is 4.59. The van der Waals surface area contributed by atoms with Gasteiger partial charge < -0.3 is 34.8 Å². The quantitative estimate of drug-likeness (QED) is 0.0919. The number of hydrogen-bond donors (Lipinski definition) is 4. The molecule has 2 heterocycles. The zero-order chi connectivity index (χ0) is 32.6. The summed E-state index contributed by atoms with van der Waals surface area (Å²) >= 11 is 0. The third-order valence-electron chi connectivity index (χ3n) is 6.41. The number of nitrogens with one attached hydrogen (secondary N) is 2. The molecule has 246 valence electrons. The number of likely N-dealkylation sites (N-methyl/N-ethyl adjacent to an activating group) is 1. The Balaban J connectivity index is 0.00000159. The SMILES string of the molecule is CC(C)O.CCCC(COC)N(CC)P(Cc1cccc(Cn2c(=O)[nH]c3c(N)nc(OCCOC)nc32)c1)NC(C)C=O. The van der Waals surface area contributed by atoms with Gasteiger partial charge in [0.25, 0.3) is 0 Å². The second-order valence-electron chi connectivity index (χ2n) is 10.6. The lowest BCUT2D eigenvalue weighted by atomic mass is 10.1. The van der Waals surface area contributed by atoms with Crippen LogP contribution in [0.15, 0.2) is 29.1 Å². The molecule has 1 aromatic carbocycles. The molecule has 0 saturated carbocycles. The van der Waals surface area contributed by atoms with Crippen molar-refractivity contribution in [2.24, 2.45) is 0 Å². The van der Waals surface area contributed by atoms with E-state index in [4.69, 9.17) is 25.1 Å².